The van der Waals surface area contributed by atoms with Gasteiger partial charge in [0.05, 0.1) is 11.4 Å². The van der Waals surface area contributed by atoms with Gasteiger partial charge in [-0.3, -0.25) is 19.1 Å². The Kier molecular flexibility index (Phi) is 6.39. The van der Waals surface area contributed by atoms with Gasteiger partial charge in [-0.15, -0.1) is 0 Å². The van der Waals surface area contributed by atoms with E-state index in [4.69, 9.17) is 0 Å². The van der Waals surface area contributed by atoms with Gasteiger partial charge in [-0.25, -0.2) is 18.2 Å². The summed E-state index contributed by atoms with van der Waals surface area (Å²) in [6, 6.07) is 2.55. The van der Waals surface area contributed by atoms with E-state index >= 15 is 0 Å². The maximum absolute atomic E-state index is 12.9. The number of unbranched alkanes of at least 4 members (excludes halogenated alkanes) is 1. The number of fused-ring (bicyclic) bond motifs is 1. The summed E-state index contributed by atoms with van der Waals surface area (Å²) in [6.07, 6.45) is 4.55. The molecule has 4 heterocycles. The first kappa shape index (κ1) is 23.2. The lowest BCUT2D eigenvalue weighted by molar-refractivity contribution is 0.476. The Hall–Kier alpha value is -2.99. The molecule has 1 aliphatic rings. The summed E-state index contributed by atoms with van der Waals surface area (Å²) in [6.45, 7) is 5.53. The number of hydrogen-bond donors (Lipinski definition) is 1. The zero-order valence-corrected chi connectivity index (χ0v) is 19.6. The van der Waals surface area contributed by atoms with Crippen molar-refractivity contribution in [3.63, 3.8) is 0 Å². The number of aromatic amines is 1. The molecule has 0 saturated carbocycles. The maximum Gasteiger partial charge on any atom is 0.330 e. The van der Waals surface area contributed by atoms with Crippen molar-refractivity contribution in [1.29, 1.82) is 0 Å². The Morgan fingerprint density at radius 1 is 1.06 bits per heavy atom. The Labute approximate surface area is 190 Å². The summed E-state index contributed by atoms with van der Waals surface area (Å²) in [7, 11) is -3.69. The van der Waals surface area contributed by atoms with E-state index < -0.39 is 21.3 Å². The smallest absolute Gasteiger partial charge is 0.321 e. The Balaban J connectivity index is 1.81. The molecule has 12 heteroatoms. The molecule has 0 aromatic carbocycles. The fraction of sp³-hybridized carbons (Fsp3) is 0.524. The topological polar surface area (TPSA) is 132 Å². The predicted molar refractivity (Wildman–Crippen MR) is 123 cm³/mol. The van der Waals surface area contributed by atoms with Gasteiger partial charge >= 0.3 is 5.69 Å². The molecule has 1 fully saturated rings. The molecule has 1 N–H and O–H groups in total. The quantitative estimate of drug-likeness (QED) is 0.509. The van der Waals surface area contributed by atoms with Gasteiger partial charge in [0.2, 0.25) is 10.0 Å². The first-order valence-corrected chi connectivity index (χ1v) is 12.6. The van der Waals surface area contributed by atoms with Gasteiger partial charge in [0.15, 0.2) is 11.2 Å². The zero-order chi connectivity index (χ0) is 23.8. The number of aryl methyl sites for hydroxylation is 2. The highest BCUT2D eigenvalue weighted by Gasteiger charge is 2.28. The Bertz CT molecular complexity index is 1460. The van der Waals surface area contributed by atoms with E-state index in [0.717, 1.165) is 25.7 Å². The van der Waals surface area contributed by atoms with Crippen LogP contribution in [0.25, 0.3) is 11.2 Å². The number of hydrogen-bond acceptors (Lipinski definition) is 6. The molecule has 0 spiro atoms. The monoisotopic (exact) mass is 476 g/mol. The number of rotatable bonds is 8. The van der Waals surface area contributed by atoms with Crippen LogP contribution >= 0.6 is 0 Å². The van der Waals surface area contributed by atoms with Crippen molar-refractivity contribution in [2.75, 3.05) is 13.1 Å². The lowest BCUT2D eigenvalue weighted by atomic mass is 10.3. The molecule has 0 amide bonds. The lowest BCUT2D eigenvalue weighted by Crippen LogP contribution is -2.31. The number of imidazole rings is 1. The van der Waals surface area contributed by atoms with Gasteiger partial charge in [0, 0.05) is 38.4 Å². The van der Waals surface area contributed by atoms with Crippen LogP contribution in [0, 0.1) is 0 Å². The van der Waals surface area contributed by atoms with Crippen molar-refractivity contribution in [3.05, 3.63) is 55.3 Å². The van der Waals surface area contributed by atoms with Crippen molar-refractivity contribution in [2.24, 2.45) is 0 Å². The van der Waals surface area contributed by atoms with Gasteiger partial charge in [-0.1, -0.05) is 13.3 Å². The van der Waals surface area contributed by atoms with Gasteiger partial charge in [0.25, 0.3) is 11.1 Å². The van der Waals surface area contributed by atoms with E-state index in [2.05, 4.69) is 9.97 Å². The largest absolute Gasteiger partial charge is 0.330 e. The fourth-order valence-electron chi connectivity index (χ4n) is 4.22. The zero-order valence-electron chi connectivity index (χ0n) is 18.8. The second kappa shape index (κ2) is 9.10. The molecular formula is C21H28N6O5S. The number of nitrogens with one attached hydrogen (secondary N) is 1. The Morgan fingerprint density at radius 3 is 2.45 bits per heavy atom. The maximum atomic E-state index is 12.9. The third kappa shape index (κ3) is 4.20. The van der Waals surface area contributed by atoms with E-state index in [1.54, 1.807) is 4.57 Å². The van der Waals surface area contributed by atoms with Crippen LogP contribution in [0.1, 0.15) is 45.4 Å². The predicted octanol–water partition coefficient (Wildman–Crippen LogP) is 0.701. The van der Waals surface area contributed by atoms with Crippen LogP contribution in [0.3, 0.4) is 0 Å². The third-order valence-corrected chi connectivity index (χ3v) is 7.87. The molecule has 0 bridgehead atoms. The second-order valence-corrected chi connectivity index (χ2v) is 10.1. The number of nitrogens with zero attached hydrogens (tertiary/aromatic N) is 5. The van der Waals surface area contributed by atoms with Crippen LogP contribution in [-0.4, -0.2) is 49.5 Å². The van der Waals surface area contributed by atoms with Gasteiger partial charge in [-0.2, -0.15) is 4.31 Å². The van der Waals surface area contributed by atoms with Crippen molar-refractivity contribution in [3.8, 4) is 0 Å². The molecule has 0 aliphatic carbocycles. The summed E-state index contributed by atoms with van der Waals surface area (Å²) < 4.78 is 31.7. The average Bonchev–Trinajstić information content (AvgIpc) is 3.44. The minimum atomic E-state index is -3.69. The summed E-state index contributed by atoms with van der Waals surface area (Å²) in [4.78, 5) is 44.5. The van der Waals surface area contributed by atoms with Gasteiger partial charge in [0.1, 0.15) is 5.82 Å². The highest BCUT2D eigenvalue weighted by Crippen LogP contribution is 2.20. The first-order chi connectivity index (χ1) is 15.8. The average molecular weight is 477 g/mol. The molecule has 0 radical (unpaired) electrons. The third-order valence-electron chi connectivity index (χ3n) is 5.99. The van der Waals surface area contributed by atoms with Crippen LogP contribution in [-0.2, 0) is 29.7 Å². The molecular weight excluding hydrogens is 448 g/mol. The minimum Gasteiger partial charge on any atom is -0.321 e. The Morgan fingerprint density at radius 2 is 1.79 bits per heavy atom. The highest BCUT2D eigenvalue weighted by molar-refractivity contribution is 7.89. The molecule has 0 atom stereocenters. The van der Waals surface area contributed by atoms with E-state index in [0.29, 0.717) is 32.0 Å². The highest BCUT2D eigenvalue weighted by atomic mass is 32.2. The molecule has 0 unspecified atom stereocenters. The summed E-state index contributed by atoms with van der Waals surface area (Å²) in [5.74, 6) is 0.395. The molecule has 1 saturated heterocycles. The molecule has 1 aliphatic heterocycles. The summed E-state index contributed by atoms with van der Waals surface area (Å²) in [5, 5.41) is 0. The molecule has 11 nitrogen and oxygen atoms in total. The number of H-pyrrole nitrogens is 1. The van der Waals surface area contributed by atoms with Crippen LogP contribution in [0.4, 0.5) is 0 Å². The first-order valence-electron chi connectivity index (χ1n) is 11.2. The van der Waals surface area contributed by atoms with E-state index in [-0.39, 0.29) is 28.2 Å². The fourth-order valence-corrected chi connectivity index (χ4v) is 5.76. The van der Waals surface area contributed by atoms with Crippen LogP contribution in [0.5, 0.6) is 0 Å². The summed E-state index contributed by atoms with van der Waals surface area (Å²) in [5.41, 5.74) is -0.924. The van der Waals surface area contributed by atoms with E-state index in [1.807, 2.05) is 13.8 Å². The minimum absolute atomic E-state index is 0.0356. The van der Waals surface area contributed by atoms with Crippen molar-refractivity contribution < 1.29 is 8.42 Å². The molecule has 4 rings (SSSR count). The molecule has 3 aromatic heterocycles. The molecule has 3 aromatic rings. The molecule has 33 heavy (non-hydrogen) atoms. The number of sulfonamides is 1. The second-order valence-electron chi connectivity index (χ2n) is 8.15. The summed E-state index contributed by atoms with van der Waals surface area (Å²) >= 11 is 0. The normalized spacial score (nSPS) is 15.0. The van der Waals surface area contributed by atoms with Crippen LogP contribution in [0.15, 0.2) is 37.6 Å². The van der Waals surface area contributed by atoms with Gasteiger partial charge < -0.3 is 9.13 Å². The lowest BCUT2D eigenvalue weighted by Gasteiger charge is -2.16. The molecule has 178 valence electrons. The van der Waals surface area contributed by atoms with Crippen LogP contribution < -0.4 is 16.8 Å². The van der Waals surface area contributed by atoms with Crippen molar-refractivity contribution in [1.82, 2.24) is 28.0 Å². The van der Waals surface area contributed by atoms with E-state index in [9.17, 15) is 22.8 Å². The number of aromatic nitrogens is 5. The SMILES string of the molecule is CCCCn1c(=O)[nH]c(=O)c2c1nc(Cn1cc(S(=O)(=O)N3CCCC3)ccc1=O)n2CC. The van der Waals surface area contributed by atoms with Crippen LogP contribution in [0.2, 0.25) is 0 Å². The van der Waals surface area contributed by atoms with E-state index in [1.165, 1.54) is 31.8 Å². The standard InChI is InChI=1S/C21H28N6O5S/c1-3-5-12-27-19-18(20(29)23-21(27)30)26(4-2)16(22-19)14-24-13-15(8-9-17(24)28)33(31,32)25-10-6-7-11-25/h8-9,13H,3-7,10-12,14H2,1-2H3,(H,23,29,30). The number of pyridine rings is 1. The van der Waals surface area contributed by atoms with Crippen molar-refractivity contribution >= 4 is 21.2 Å². The van der Waals surface area contributed by atoms with Gasteiger partial charge in [-0.05, 0) is 32.3 Å². The van der Waals surface area contributed by atoms with Crippen molar-refractivity contribution in [2.45, 2.75) is 64.1 Å².